The first kappa shape index (κ1) is 12.3. The SMILES string of the molecule is CNC(CCOC)C1CCOC2(CCC2)C1. The fourth-order valence-corrected chi connectivity index (χ4v) is 3.19. The van der Waals surface area contributed by atoms with Gasteiger partial charge in [-0.3, -0.25) is 0 Å². The normalized spacial score (nSPS) is 30.0. The summed E-state index contributed by atoms with van der Waals surface area (Å²) in [5.74, 6) is 0.772. The van der Waals surface area contributed by atoms with Crippen LogP contribution < -0.4 is 5.32 Å². The molecule has 2 atom stereocenters. The van der Waals surface area contributed by atoms with Crippen molar-refractivity contribution in [1.29, 1.82) is 0 Å². The molecule has 1 N–H and O–H groups in total. The summed E-state index contributed by atoms with van der Waals surface area (Å²) in [6.45, 7) is 1.81. The van der Waals surface area contributed by atoms with E-state index in [0.717, 1.165) is 25.6 Å². The Kier molecular flexibility index (Phi) is 4.22. The van der Waals surface area contributed by atoms with Crippen LogP contribution in [0.2, 0.25) is 0 Å². The van der Waals surface area contributed by atoms with Gasteiger partial charge in [-0.05, 0) is 51.5 Å². The van der Waals surface area contributed by atoms with Gasteiger partial charge in [-0.1, -0.05) is 0 Å². The van der Waals surface area contributed by atoms with Gasteiger partial charge in [0.15, 0.2) is 0 Å². The highest BCUT2D eigenvalue weighted by Gasteiger charge is 2.43. The second kappa shape index (κ2) is 5.48. The third-order valence-electron chi connectivity index (χ3n) is 4.37. The van der Waals surface area contributed by atoms with Gasteiger partial charge in [-0.2, -0.15) is 0 Å². The highest BCUT2D eigenvalue weighted by molar-refractivity contribution is 4.96. The fourth-order valence-electron chi connectivity index (χ4n) is 3.19. The van der Waals surface area contributed by atoms with Crippen LogP contribution in [0, 0.1) is 5.92 Å². The number of hydrogen-bond donors (Lipinski definition) is 1. The molecule has 0 aromatic carbocycles. The maximum Gasteiger partial charge on any atom is 0.0685 e. The maximum atomic E-state index is 5.97. The highest BCUT2D eigenvalue weighted by atomic mass is 16.5. The van der Waals surface area contributed by atoms with E-state index in [1.54, 1.807) is 7.11 Å². The van der Waals surface area contributed by atoms with Crippen LogP contribution in [-0.4, -0.2) is 39.0 Å². The van der Waals surface area contributed by atoms with Gasteiger partial charge in [-0.25, -0.2) is 0 Å². The number of methoxy groups -OCH3 is 1. The van der Waals surface area contributed by atoms with Crippen LogP contribution in [0.1, 0.15) is 38.5 Å². The second-order valence-electron chi connectivity index (χ2n) is 5.31. The predicted octanol–water partition coefficient (Wildman–Crippen LogP) is 1.96. The molecule has 1 aliphatic heterocycles. The molecule has 1 saturated heterocycles. The number of rotatable bonds is 5. The zero-order chi connectivity index (χ0) is 11.4. The molecule has 2 unspecified atom stereocenters. The molecule has 1 aliphatic carbocycles. The Labute approximate surface area is 98.9 Å². The standard InChI is InChI=1S/C13H25NO2/c1-14-12(5-8-15-2)11-4-9-16-13(10-11)6-3-7-13/h11-12,14H,3-10H2,1-2H3. The van der Waals surface area contributed by atoms with E-state index >= 15 is 0 Å². The van der Waals surface area contributed by atoms with E-state index < -0.39 is 0 Å². The van der Waals surface area contributed by atoms with Crippen molar-refractivity contribution in [3.8, 4) is 0 Å². The van der Waals surface area contributed by atoms with Gasteiger partial charge in [-0.15, -0.1) is 0 Å². The molecule has 0 bridgehead atoms. The third-order valence-corrected chi connectivity index (χ3v) is 4.37. The summed E-state index contributed by atoms with van der Waals surface area (Å²) in [5, 5.41) is 3.46. The molecule has 3 nitrogen and oxygen atoms in total. The van der Waals surface area contributed by atoms with Gasteiger partial charge < -0.3 is 14.8 Å². The van der Waals surface area contributed by atoms with E-state index in [9.17, 15) is 0 Å². The van der Waals surface area contributed by atoms with E-state index in [4.69, 9.17) is 9.47 Å². The van der Waals surface area contributed by atoms with Gasteiger partial charge in [0.25, 0.3) is 0 Å². The average molecular weight is 227 g/mol. The number of nitrogens with one attached hydrogen (secondary N) is 1. The van der Waals surface area contributed by atoms with E-state index in [1.807, 2.05) is 0 Å². The molecule has 3 heteroatoms. The van der Waals surface area contributed by atoms with Gasteiger partial charge >= 0.3 is 0 Å². The summed E-state index contributed by atoms with van der Waals surface area (Å²) in [7, 11) is 3.85. The smallest absolute Gasteiger partial charge is 0.0685 e. The lowest BCUT2D eigenvalue weighted by atomic mass is 9.70. The molecule has 0 aromatic heterocycles. The summed E-state index contributed by atoms with van der Waals surface area (Å²) < 4.78 is 11.2. The van der Waals surface area contributed by atoms with Crippen LogP contribution in [0.25, 0.3) is 0 Å². The van der Waals surface area contributed by atoms with Crippen LogP contribution in [0.3, 0.4) is 0 Å². The van der Waals surface area contributed by atoms with Crippen molar-refractivity contribution in [2.75, 3.05) is 27.4 Å². The molecule has 0 amide bonds. The Balaban J connectivity index is 1.86. The summed E-state index contributed by atoms with van der Waals surface area (Å²) in [5.41, 5.74) is 0.269. The molecule has 2 fully saturated rings. The summed E-state index contributed by atoms with van der Waals surface area (Å²) in [6, 6.07) is 0.598. The van der Waals surface area contributed by atoms with E-state index in [1.165, 1.54) is 32.1 Å². The van der Waals surface area contributed by atoms with Gasteiger partial charge in [0.05, 0.1) is 5.60 Å². The molecule has 1 saturated carbocycles. The van der Waals surface area contributed by atoms with Crippen molar-refractivity contribution in [3.05, 3.63) is 0 Å². The Morgan fingerprint density at radius 1 is 1.50 bits per heavy atom. The Bertz CT molecular complexity index is 216. The first-order chi connectivity index (χ1) is 7.79. The minimum absolute atomic E-state index is 0.269. The van der Waals surface area contributed by atoms with E-state index in [-0.39, 0.29) is 5.60 Å². The monoisotopic (exact) mass is 227 g/mol. The minimum atomic E-state index is 0.269. The Hall–Kier alpha value is -0.120. The highest BCUT2D eigenvalue weighted by Crippen LogP contribution is 2.45. The lowest BCUT2D eigenvalue weighted by molar-refractivity contribution is -0.147. The van der Waals surface area contributed by atoms with Gasteiger partial charge in [0, 0.05) is 26.4 Å². The van der Waals surface area contributed by atoms with Crippen LogP contribution >= 0.6 is 0 Å². The Morgan fingerprint density at radius 3 is 2.88 bits per heavy atom. The largest absolute Gasteiger partial charge is 0.385 e. The molecule has 0 aromatic rings. The number of ether oxygens (including phenoxy) is 2. The third kappa shape index (κ3) is 2.58. The van der Waals surface area contributed by atoms with Crippen molar-refractivity contribution >= 4 is 0 Å². The van der Waals surface area contributed by atoms with Crippen molar-refractivity contribution in [2.24, 2.45) is 5.92 Å². The molecule has 1 spiro atoms. The first-order valence-electron chi connectivity index (χ1n) is 6.60. The van der Waals surface area contributed by atoms with Crippen LogP contribution in [0.15, 0.2) is 0 Å². The molecule has 2 rings (SSSR count). The average Bonchev–Trinajstić information content (AvgIpc) is 2.28. The van der Waals surface area contributed by atoms with Crippen LogP contribution in [0.5, 0.6) is 0 Å². The van der Waals surface area contributed by atoms with E-state index in [0.29, 0.717) is 6.04 Å². The van der Waals surface area contributed by atoms with Crippen LogP contribution in [0.4, 0.5) is 0 Å². The lowest BCUT2D eigenvalue weighted by Gasteiger charge is -2.48. The number of hydrogen-bond acceptors (Lipinski definition) is 3. The van der Waals surface area contributed by atoms with Crippen molar-refractivity contribution < 1.29 is 9.47 Å². The molecule has 1 heterocycles. The molecule has 0 radical (unpaired) electrons. The van der Waals surface area contributed by atoms with Crippen LogP contribution in [-0.2, 0) is 9.47 Å². The molecular weight excluding hydrogens is 202 g/mol. The van der Waals surface area contributed by atoms with E-state index in [2.05, 4.69) is 12.4 Å². The van der Waals surface area contributed by atoms with Crippen molar-refractivity contribution in [2.45, 2.75) is 50.2 Å². The quantitative estimate of drug-likeness (QED) is 0.779. The first-order valence-corrected chi connectivity index (χ1v) is 6.60. The second-order valence-corrected chi connectivity index (χ2v) is 5.31. The summed E-state index contributed by atoms with van der Waals surface area (Å²) in [4.78, 5) is 0. The zero-order valence-electron chi connectivity index (χ0n) is 10.6. The molecule has 94 valence electrons. The zero-order valence-corrected chi connectivity index (χ0v) is 10.6. The summed E-state index contributed by atoms with van der Waals surface area (Å²) in [6.07, 6.45) is 7.50. The predicted molar refractivity (Wildman–Crippen MR) is 64.6 cm³/mol. The maximum absolute atomic E-state index is 5.97. The van der Waals surface area contributed by atoms with Crippen molar-refractivity contribution in [3.63, 3.8) is 0 Å². The fraction of sp³-hybridized carbons (Fsp3) is 1.00. The minimum Gasteiger partial charge on any atom is -0.385 e. The van der Waals surface area contributed by atoms with Gasteiger partial charge in [0.2, 0.25) is 0 Å². The topological polar surface area (TPSA) is 30.5 Å². The summed E-state index contributed by atoms with van der Waals surface area (Å²) >= 11 is 0. The Morgan fingerprint density at radius 2 is 2.31 bits per heavy atom. The molecule has 2 aliphatic rings. The van der Waals surface area contributed by atoms with Crippen molar-refractivity contribution in [1.82, 2.24) is 5.32 Å². The lowest BCUT2D eigenvalue weighted by Crippen LogP contribution is -2.50. The molecule has 16 heavy (non-hydrogen) atoms. The molecular formula is C13H25NO2. The van der Waals surface area contributed by atoms with Gasteiger partial charge in [0.1, 0.15) is 0 Å².